The summed E-state index contributed by atoms with van der Waals surface area (Å²) in [7, 11) is 0. The maximum Gasteiger partial charge on any atom is 0.0385 e. The zero-order valence-corrected chi connectivity index (χ0v) is 16.1. The Morgan fingerprint density at radius 1 is 0.760 bits per heavy atom. The van der Waals surface area contributed by atoms with Gasteiger partial charge in [0.15, 0.2) is 0 Å². The second-order valence-corrected chi connectivity index (χ2v) is 8.71. The maximum atomic E-state index is 3.74. The third kappa shape index (κ3) is 4.99. The highest BCUT2D eigenvalue weighted by Gasteiger charge is 2.37. The molecule has 0 aromatic heterocycles. The molecule has 0 amide bonds. The molecule has 25 heavy (non-hydrogen) atoms. The van der Waals surface area contributed by atoms with Crippen molar-refractivity contribution in [1.29, 1.82) is 0 Å². The quantitative estimate of drug-likeness (QED) is 0.693. The second kappa shape index (κ2) is 6.72. The first kappa shape index (κ1) is 17.8. The maximum absolute atomic E-state index is 3.74. The summed E-state index contributed by atoms with van der Waals surface area (Å²) >= 11 is 0. The molecule has 1 heterocycles. The van der Waals surface area contributed by atoms with Crippen LogP contribution in [0.3, 0.4) is 0 Å². The summed E-state index contributed by atoms with van der Waals surface area (Å²) in [5.41, 5.74) is 5.01. The second-order valence-electron chi connectivity index (χ2n) is 8.71. The molecular formula is C22H31N3. The van der Waals surface area contributed by atoms with Crippen LogP contribution in [0.5, 0.6) is 0 Å². The first-order chi connectivity index (χ1) is 11.7. The van der Waals surface area contributed by atoms with Crippen LogP contribution in [0.4, 0.5) is 17.1 Å². The molecule has 3 nitrogen and oxygen atoms in total. The fourth-order valence-corrected chi connectivity index (χ4v) is 4.11. The molecule has 1 aliphatic heterocycles. The predicted molar refractivity (Wildman–Crippen MR) is 109 cm³/mol. The van der Waals surface area contributed by atoms with Crippen LogP contribution in [-0.2, 0) is 0 Å². The number of rotatable bonds is 4. The molecule has 3 heteroatoms. The molecule has 0 saturated carbocycles. The minimum absolute atomic E-state index is 0.159. The van der Waals surface area contributed by atoms with Crippen molar-refractivity contribution in [1.82, 2.24) is 5.32 Å². The highest BCUT2D eigenvalue weighted by molar-refractivity contribution is 5.62. The van der Waals surface area contributed by atoms with E-state index >= 15 is 0 Å². The van der Waals surface area contributed by atoms with E-state index in [1.54, 1.807) is 0 Å². The standard InChI is InChI=1S/C22H31N3/c1-16-6-8-17(9-7-16)23-18-10-12-19(13-11-18)24-20-14-21(2,3)25-22(4,5)15-20/h6-13,20,23-25H,14-15H2,1-5H3. The molecule has 0 radical (unpaired) electrons. The first-order valence-corrected chi connectivity index (χ1v) is 9.21. The van der Waals surface area contributed by atoms with Gasteiger partial charge in [-0.25, -0.2) is 0 Å². The minimum Gasteiger partial charge on any atom is -0.382 e. The van der Waals surface area contributed by atoms with E-state index in [1.165, 1.54) is 11.3 Å². The number of hydrogen-bond acceptors (Lipinski definition) is 3. The van der Waals surface area contributed by atoms with Crippen LogP contribution >= 0.6 is 0 Å². The fourth-order valence-electron chi connectivity index (χ4n) is 4.11. The third-order valence-corrected chi connectivity index (χ3v) is 4.79. The monoisotopic (exact) mass is 337 g/mol. The van der Waals surface area contributed by atoms with Crippen molar-refractivity contribution in [2.24, 2.45) is 0 Å². The van der Waals surface area contributed by atoms with Gasteiger partial charge in [0.2, 0.25) is 0 Å². The highest BCUT2D eigenvalue weighted by Crippen LogP contribution is 2.30. The van der Waals surface area contributed by atoms with Gasteiger partial charge in [-0.05, 0) is 83.9 Å². The Labute approximate surface area is 152 Å². The molecular weight excluding hydrogens is 306 g/mol. The molecule has 0 bridgehead atoms. The summed E-state index contributed by atoms with van der Waals surface area (Å²) in [5, 5.41) is 10.9. The molecule has 2 aromatic rings. The molecule has 3 N–H and O–H groups in total. The largest absolute Gasteiger partial charge is 0.382 e. The zero-order chi connectivity index (χ0) is 18.1. The van der Waals surface area contributed by atoms with Crippen molar-refractivity contribution in [2.75, 3.05) is 10.6 Å². The van der Waals surface area contributed by atoms with Crippen LogP contribution in [0.25, 0.3) is 0 Å². The van der Waals surface area contributed by atoms with Gasteiger partial charge in [0.1, 0.15) is 0 Å². The Kier molecular flexibility index (Phi) is 4.79. The van der Waals surface area contributed by atoms with E-state index in [0.717, 1.165) is 24.2 Å². The Morgan fingerprint density at radius 3 is 1.72 bits per heavy atom. The SMILES string of the molecule is Cc1ccc(Nc2ccc(NC3CC(C)(C)NC(C)(C)C3)cc2)cc1. The van der Waals surface area contributed by atoms with Gasteiger partial charge in [0.05, 0.1) is 0 Å². The Morgan fingerprint density at radius 2 is 1.20 bits per heavy atom. The summed E-state index contributed by atoms with van der Waals surface area (Å²) in [6, 6.07) is 17.6. The molecule has 2 aromatic carbocycles. The molecule has 1 saturated heterocycles. The smallest absolute Gasteiger partial charge is 0.0385 e. The minimum atomic E-state index is 0.159. The Bertz CT molecular complexity index is 683. The van der Waals surface area contributed by atoms with E-state index < -0.39 is 0 Å². The normalized spacial score (nSPS) is 19.4. The van der Waals surface area contributed by atoms with E-state index in [4.69, 9.17) is 0 Å². The van der Waals surface area contributed by atoms with Gasteiger partial charge in [0, 0.05) is 34.2 Å². The van der Waals surface area contributed by atoms with E-state index in [2.05, 4.69) is 99.1 Å². The molecule has 1 aliphatic rings. The van der Waals surface area contributed by atoms with Crippen LogP contribution in [0.15, 0.2) is 48.5 Å². The fraction of sp³-hybridized carbons (Fsp3) is 0.455. The van der Waals surface area contributed by atoms with Crippen LogP contribution in [-0.4, -0.2) is 17.1 Å². The van der Waals surface area contributed by atoms with Gasteiger partial charge in [-0.15, -0.1) is 0 Å². The number of benzene rings is 2. The number of piperidine rings is 1. The van der Waals surface area contributed by atoms with Gasteiger partial charge in [-0.3, -0.25) is 0 Å². The van der Waals surface area contributed by atoms with Crippen molar-refractivity contribution in [3.05, 3.63) is 54.1 Å². The highest BCUT2D eigenvalue weighted by atomic mass is 15.1. The van der Waals surface area contributed by atoms with Crippen molar-refractivity contribution in [2.45, 2.75) is 64.6 Å². The van der Waals surface area contributed by atoms with Gasteiger partial charge < -0.3 is 16.0 Å². The van der Waals surface area contributed by atoms with Crippen LogP contribution in [0, 0.1) is 6.92 Å². The van der Waals surface area contributed by atoms with Crippen LogP contribution < -0.4 is 16.0 Å². The topological polar surface area (TPSA) is 36.1 Å². The lowest BCUT2D eigenvalue weighted by Gasteiger charge is -2.47. The van der Waals surface area contributed by atoms with Gasteiger partial charge >= 0.3 is 0 Å². The zero-order valence-electron chi connectivity index (χ0n) is 16.1. The van der Waals surface area contributed by atoms with E-state index in [-0.39, 0.29) is 11.1 Å². The average molecular weight is 338 g/mol. The Hall–Kier alpha value is -2.00. The summed E-state index contributed by atoms with van der Waals surface area (Å²) in [6.07, 6.45) is 2.25. The molecule has 0 spiro atoms. The number of anilines is 3. The van der Waals surface area contributed by atoms with E-state index in [1.807, 2.05) is 0 Å². The average Bonchev–Trinajstić information content (AvgIpc) is 2.48. The van der Waals surface area contributed by atoms with Gasteiger partial charge in [-0.1, -0.05) is 17.7 Å². The van der Waals surface area contributed by atoms with Gasteiger partial charge in [0.25, 0.3) is 0 Å². The third-order valence-electron chi connectivity index (χ3n) is 4.79. The summed E-state index contributed by atoms with van der Waals surface area (Å²) in [5.74, 6) is 0. The number of aryl methyl sites for hydroxylation is 1. The van der Waals surface area contributed by atoms with Crippen LogP contribution in [0.1, 0.15) is 46.1 Å². The molecule has 0 aliphatic carbocycles. The predicted octanol–water partition coefficient (Wildman–Crippen LogP) is 5.46. The molecule has 1 fully saturated rings. The molecule has 134 valence electrons. The lowest BCUT2D eigenvalue weighted by Crippen LogP contribution is -2.60. The molecule has 0 unspecified atom stereocenters. The van der Waals surface area contributed by atoms with E-state index in [9.17, 15) is 0 Å². The Balaban J connectivity index is 1.63. The molecule has 3 rings (SSSR count). The van der Waals surface area contributed by atoms with Crippen molar-refractivity contribution >= 4 is 17.1 Å². The number of nitrogens with one attached hydrogen (secondary N) is 3. The summed E-state index contributed by atoms with van der Waals surface area (Å²) < 4.78 is 0. The summed E-state index contributed by atoms with van der Waals surface area (Å²) in [6.45, 7) is 11.3. The van der Waals surface area contributed by atoms with E-state index in [0.29, 0.717) is 6.04 Å². The first-order valence-electron chi connectivity index (χ1n) is 9.21. The van der Waals surface area contributed by atoms with Crippen LogP contribution in [0.2, 0.25) is 0 Å². The van der Waals surface area contributed by atoms with Crippen molar-refractivity contribution in [3.63, 3.8) is 0 Å². The lowest BCUT2D eigenvalue weighted by atomic mass is 9.79. The molecule has 0 atom stereocenters. The summed E-state index contributed by atoms with van der Waals surface area (Å²) in [4.78, 5) is 0. The van der Waals surface area contributed by atoms with Crippen molar-refractivity contribution < 1.29 is 0 Å². The van der Waals surface area contributed by atoms with Gasteiger partial charge in [-0.2, -0.15) is 0 Å². The number of hydrogen-bond donors (Lipinski definition) is 3. The van der Waals surface area contributed by atoms with Crippen molar-refractivity contribution in [3.8, 4) is 0 Å². The lowest BCUT2D eigenvalue weighted by molar-refractivity contribution is 0.170.